The van der Waals surface area contributed by atoms with E-state index in [2.05, 4.69) is 10.5 Å². The molecule has 0 saturated carbocycles. The topological polar surface area (TPSA) is 102 Å². The Morgan fingerprint density at radius 1 is 1.27 bits per heavy atom. The van der Waals surface area contributed by atoms with Crippen LogP contribution >= 0.6 is 8.18 Å². The third-order valence-corrected chi connectivity index (χ3v) is 1.66. The van der Waals surface area contributed by atoms with E-state index in [1.54, 1.807) is 6.20 Å². The molecule has 1 aromatic heterocycles. The van der Waals surface area contributed by atoms with E-state index in [-0.39, 0.29) is 0 Å². The summed E-state index contributed by atoms with van der Waals surface area (Å²) < 4.78 is 8.96. The minimum Gasteiger partial charge on any atom is -0.397 e. The van der Waals surface area contributed by atoms with Gasteiger partial charge in [-0.1, -0.05) is 18.2 Å². The lowest BCUT2D eigenvalue weighted by molar-refractivity contribution is 0.504. The van der Waals surface area contributed by atoms with Crippen molar-refractivity contribution < 1.29 is 9.46 Å². The van der Waals surface area contributed by atoms with Gasteiger partial charge in [0.2, 0.25) is 0 Å². The summed E-state index contributed by atoms with van der Waals surface area (Å²) in [4.78, 5) is 11.5. The van der Waals surface area contributed by atoms with Gasteiger partial charge in [-0.3, -0.25) is 15.1 Å². The molecule has 1 heterocycles. The lowest BCUT2D eigenvalue weighted by atomic mass is 10.2. The van der Waals surface area contributed by atoms with Gasteiger partial charge < -0.3 is 10.6 Å². The number of hydrogen-bond donors (Lipinski definition) is 3. The number of benzene rings is 1. The van der Waals surface area contributed by atoms with Gasteiger partial charge in [-0.15, -0.1) is 0 Å². The molecule has 2 rings (SSSR count). The summed E-state index contributed by atoms with van der Waals surface area (Å²) in [6.45, 7) is 0. The van der Waals surface area contributed by atoms with Gasteiger partial charge in [0.1, 0.15) is 0 Å². The Morgan fingerprint density at radius 2 is 1.87 bits per heavy atom. The molecule has 5 nitrogen and oxygen atoms in total. The minimum atomic E-state index is -2.63. The Morgan fingerprint density at radius 3 is 2.47 bits per heavy atom. The number of fused-ring (bicyclic) bond motifs is 1. The van der Waals surface area contributed by atoms with E-state index in [9.17, 15) is 0 Å². The Balaban J connectivity index is 0.000000245. The molecule has 1 atom stereocenters. The van der Waals surface area contributed by atoms with Crippen molar-refractivity contribution in [3.63, 3.8) is 0 Å². The zero-order valence-corrected chi connectivity index (χ0v) is 8.92. The summed E-state index contributed by atoms with van der Waals surface area (Å²) in [6, 6.07) is 9.69. The van der Waals surface area contributed by atoms with Crippen molar-refractivity contribution in [3.8, 4) is 0 Å². The van der Waals surface area contributed by atoms with Crippen LogP contribution in [0.25, 0.3) is 10.9 Å². The van der Waals surface area contributed by atoms with Crippen molar-refractivity contribution in [2.45, 2.75) is 0 Å². The molecular formula is C9H12N3O2P. The smallest absolute Gasteiger partial charge is 0.253 e. The SMILES string of the molecule is N[PH](=O)O.Nc1cccc2cccnc12. The second-order valence-corrected chi connectivity index (χ2v) is 3.44. The second kappa shape index (κ2) is 5.46. The maximum atomic E-state index is 8.96. The molecule has 0 spiro atoms. The average Bonchev–Trinajstić information content (AvgIpc) is 2.18. The van der Waals surface area contributed by atoms with Crippen LogP contribution in [0.15, 0.2) is 36.5 Å². The van der Waals surface area contributed by atoms with Gasteiger partial charge in [0.25, 0.3) is 8.18 Å². The molecule has 0 aliphatic rings. The molecule has 6 heteroatoms. The van der Waals surface area contributed by atoms with Gasteiger partial charge in [-0.2, -0.15) is 0 Å². The van der Waals surface area contributed by atoms with Crippen LogP contribution in [-0.4, -0.2) is 9.88 Å². The van der Waals surface area contributed by atoms with Gasteiger partial charge in [-0.25, -0.2) is 0 Å². The fourth-order valence-corrected chi connectivity index (χ4v) is 1.13. The first-order valence-electron chi connectivity index (χ1n) is 4.19. The van der Waals surface area contributed by atoms with Crippen molar-refractivity contribution >= 4 is 24.8 Å². The third-order valence-electron chi connectivity index (χ3n) is 1.66. The number of pyridine rings is 1. The maximum Gasteiger partial charge on any atom is 0.253 e. The van der Waals surface area contributed by atoms with Crippen LogP contribution in [0.2, 0.25) is 0 Å². The molecule has 0 bridgehead atoms. The van der Waals surface area contributed by atoms with Gasteiger partial charge in [0.05, 0.1) is 11.2 Å². The lowest BCUT2D eigenvalue weighted by Crippen LogP contribution is -1.87. The predicted molar refractivity (Wildman–Crippen MR) is 61.6 cm³/mol. The van der Waals surface area contributed by atoms with E-state index in [0.29, 0.717) is 0 Å². The van der Waals surface area contributed by atoms with E-state index < -0.39 is 8.18 Å². The lowest BCUT2D eigenvalue weighted by Gasteiger charge is -1.97. The highest BCUT2D eigenvalue weighted by molar-refractivity contribution is 7.35. The van der Waals surface area contributed by atoms with E-state index in [0.717, 1.165) is 16.6 Å². The summed E-state index contributed by atoms with van der Waals surface area (Å²) in [5.41, 5.74) is 11.5. The van der Waals surface area contributed by atoms with E-state index >= 15 is 0 Å². The second-order valence-electron chi connectivity index (χ2n) is 2.76. The maximum absolute atomic E-state index is 8.96. The molecule has 5 N–H and O–H groups in total. The summed E-state index contributed by atoms with van der Waals surface area (Å²) in [7, 11) is -2.63. The Hall–Kier alpha value is -1.42. The van der Waals surface area contributed by atoms with Crippen LogP contribution in [0, 0.1) is 0 Å². The molecule has 0 fully saturated rings. The fourth-order valence-electron chi connectivity index (χ4n) is 1.13. The first-order valence-corrected chi connectivity index (χ1v) is 5.62. The highest BCUT2D eigenvalue weighted by atomic mass is 31.1. The standard InChI is InChI=1S/C9H8N2.H4NO2P/c10-8-5-1-3-7-4-2-6-11-9(7)8;1-4(2)3/h1-6H,10H2;4H,(H3,1,2,3). The van der Waals surface area contributed by atoms with Crippen molar-refractivity contribution in [1.82, 2.24) is 4.98 Å². The van der Waals surface area contributed by atoms with Crippen molar-refractivity contribution in [3.05, 3.63) is 36.5 Å². The van der Waals surface area contributed by atoms with Crippen LogP contribution in [-0.2, 0) is 4.57 Å². The quantitative estimate of drug-likeness (QED) is 0.461. The Kier molecular flexibility index (Phi) is 4.24. The molecule has 1 unspecified atom stereocenters. The van der Waals surface area contributed by atoms with Crippen LogP contribution in [0.1, 0.15) is 0 Å². The third kappa shape index (κ3) is 3.67. The van der Waals surface area contributed by atoms with Gasteiger partial charge >= 0.3 is 0 Å². The van der Waals surface area contributed by atoms with Gasteiger partial charge in [0.15, 0.2) is 0 Å². The molecule has 80 valence electrons. The molecule has 15 heavy (non-hydrogen) atoms. The van der Waals surface area contributed by atoms with E-state index in [1.807, 2.05) is 30.3 Å². The summed E-state index contributed by atoms with van der Waals surface area (Å²) >= 11 is 0. The Labute approximate surface area is 87.7 Å². The highest BCUT2D eigenvalue weighted by Gasteiger charge is 1.94. The number of nitrogen functional groups attached to an aromatic ring is 1. The van der Waals surface area contributed by atoms with Crippen LogP contribution in [0.4, 0.5) is 5.69 Å². The average molecular weight is 225 g/mol. The molecule has 1 aromatic carbocycles. The van der Waals surface area contributed by atoms with Crippen molar-refractivity contribution in [1.29, 1.82) is 0 Å². The normalized spacial score (nSPS) is 11.6. The fraction of sp³-hybridized carbons (Fsp3) is 0. The van der Waals surface area contributed by atoms with Crippen LogP contribution in [0.3, 0.4) is 0 Å². The summed E-state index contributed by atoms with van der Waals surface area (Å²) in [5.74, 6) is 0. The number of rotatable bonds is 0. The minimum absolute atomic E-state index is 0.739. The zero-order chi connectivity index (χ0) is 11.3. The number of aromatic nitrogens is 1. The first kappa shape index (κ1) is 11.7. The molecule has 0 saturated heterocycles. The predicted octanol–water partition coefficient (Wildman–Crippen LogP) is 1.14. The Bertz CT molecular complexity index is 466. The largest absolute Gasteiger partial charge is 0.397 e. The molecule has 0 radical (unpaired) electrons. The van der Waals surface area contributed by atoms with Gasteiger partial charge in [-0.05, 0) is 12.1 Å². The number of para-hydroxylation sites is 1. The van der Waals surface area contributed by atoms with Crippen LogP contribution in [0.5, 0.6) is 0 Å². The molecule has 0 aliphatic heterocycles. The molecule has 2 aromatic rings. The van der Waals surface area contributed by atoms with Crippen LogP contribution < -0.4 is 11.2 Å². The van der Waals surface area contributed by atoms with Crippen molar-refractivity contribution in [2.75, 3.05) is 5.73 Å². The summed E-state index contributed by atoms with van der Waals surface area (Å²) in [6.07, 6.45) is 1.75. The number of hydrogen-bond acceptors (Lipinski definition) is 3. The number of anilines is 1. The monoisotopic (exact) mass is 225 g/mol. The van der Waals surface area contributed by atoms with Crippen molar-refractivity contribution in [2.24, 2.45) is 5.50 Å². The highest BCUT2D eigenvalue weighted by Crippen LogP contribution is 2.16. The zero-order valence-electron chi connectivity index (χ0n) is 7.92. The van der Waals surface area contributed by atoms with Gasteiger partial charge in [0, 0.05) is 11.6 Å². The molecular weight excluding hydrogens is 213 g/mol. The summed E-state index contributed by atoms with van der Waals surface area (Å²) in [5, 5.41) is 1.09. The van der Waals surface area contributed by atoms with E-state index in [1.165, 1.54) is 0 Å². The number of nitrogens with two attached hydrogens (primary N) is 2. The molecule has 0 aliphatic carbocycles. The molecule has 0 amide bonds. The number of nitrogens with zero attached hydrogens (tertiary/aromatic N) is 1. The van der Waals surface area contributed by atoms with E-state index in [4.69, 9.17) is 15.2 Å². The first-order chi connectivity index (χ1) is 7.11.